The second-order valence-corrected chi connectivity index (χ2v) is 7.71. The number of carbonyl (C=O) groups is 1. The van der Waals surface area contributed by atoms with E-state index in [1.54, 1.807) is 0 Å². The van der Waals surface area contributed by atoms with Gasteiger partial charge in [-0.05, 0) is 36.4 Å². The van der Waals surface area contributed by atoms with Crippen molar-refractivity contribution in [1.82, 2.24) is 9.55 Å². The molecule has 2 heterocycles. The first-order chi connectivity index (χ1) is 14.2. The minimum absolute atomic E-state index is 0.0497. The molecule has 0 bridgehead atoms. The Kier molecular flexibility index (Phi) is 6.17. The lowest BCUT2D eigenvalue weighted by Gasteiger charge is -2.28. The summed E-state index contributed by atoms with van der Waals surface area (Å²) < 4.78 is 7.47. The maximum absolute atomic E-state index is 12.4. The monoisotopic (exact) mass is 408 g/mol. The highest BCUT2D eigenvalue weighted by Gasteiger charge is 2.13. The number of ether oxygens (including phenoxy) is 1. The molecule has 1 fully saturated rings. The Morgan fingerprint density at radius 3 is 2.69 bits per heavy atom. The number of aromatic nitrogens is 2. The van der Waals surface area contributed by atoms with Crippen molar-refractivity contribution in [3.8, 4) is 0 Å². The smallest absolute Gasteiger partial charge is 0.234 e. The Labute approximate surface area is 174 Å². The van der Waals surface area contributed by atoms with Gasteiger partial charge in [0.1, 0.15) is 0 Å². The average molecular weight is 409 g/mol. The molecule has 7 heteroatoms. The van der Waals surface area contributed by atoms with Crippen molar-refractivity contribution >= 4 is 40.1 Å². The van der Waals surface area contributed by atoms with Crippen LogP contribution in [-0.2, 0) is 16.1 Å². The van der Waals surface area contributed by atoms with Gasteiger partial charge in [0.05, 0.1) is 30.0 Å². The zero-order chi connectivity index (χ0) is 20.1. The van der Waals surface area contributed by atoms with Crippen LogP contribution in [0.15, 0.2) is 66.3 Å². The third kappa shape index (κ3) is 4.63. The maximum atomic E-state index is 12.4. The van der Waals surface area contributed by atoms with Gasteiger partial charge in [-0.3, -0.25) is 4.79 Å². The summed E-state index contributed by atoms with van der Waals surface area (Å²) >= 11 is 1.44. The summed E-state index contributed by atoms with van der Waals surface area (Å²) in [5.41, 5.74) is 3.93. The van der Waals surface area contributed by atoms with Crippen molar-refractivity contribution in [3.05, 3.63) is 61.2 Å². The largest absolute Gasteiger partial charge is 0.378 e. The summed E-state index contributed by atoms with van der Waals surface area (Å²) in [4.78, 5) is 19.4. The second-order valence-electron chi connectivity index (χ2n) is 6.77. The van der Waals surface area contributed by atoms with E-state index in [1.165, 1.54) is 11.8 Å². The highest BCUT2D eigenvalue weighted by atomic mass is 32.2. The molecule has 1 amide bonds. The molecule has 1 aromatic heterocycles. The van der Waals surface area contributed by atoms with Crippen LogP contribution in [0.2, 0.25) is 0 Å². The van der Waals surface area contributed by atoms with Crippen LogP contribution < -0.4 is 10.2 Å². The number of fused-ring (bicyclic) bond motifs is 1. The Bertz CT molecular complexity index is 994. The molecule has 2 aromatic carbocycles. The van der Waals surface area contributed by atoms with Crippen LogP contribution in [-0.4, -0.2) is 47.5 Å². The molecule has 1 aliphatic rings. The molecular weight excluding hydrogens is 384 g/mol. The predicted octanol–water partition coefficient (Wildman–Crippen LogP) is 3.79. The molecule has 1 aliphatic heterocycles. The van der Waals surface area contributed by atoms with Gasteiger partial charge in [0.25, 0.3) is 0 Å². The number of carbonyl (C=O) groups excluding carboxylic acids is 1. The molecule has 1 N–H and O–H groups in total. The number of morpholine rings is 1. The van der Waals surface area contributed by atoms with E-state index in [9.17, 15) is 4.79 Å². The van der Waals surface area contributed by atoms with Gasteiger partial charge < -0.3 is 19.5 Å². The lowest BCUT2D eigenvalue weighted by Crippen LogP contribution is -2.36. The fraction of sp³-hybridized carbons (Fsp3) is 0.273. The Hall–Kier alpha value is -2.77. The summed E-state index contributed by atoms with van der Waals surface area (Å²) in [6.45, 7) is 7.79. The SMILES string of the molecule is C=CCn1c(SCC(=O)Nc2ccc(N3CCOCC3)cc2)nc2ccccc21. The number of rotatable bonds is 7. The highest BCUT2D eigenvalue weighted by Crippen LogP contribution is 2.25. The number of imidazole rings is 1. The van der Waals surface area contributed by atoms with Gasteiger partial charge in [0.15, 0.2) is 5.16 Å². The molecule has 0 unspecified atom stereocenters. The number of nitrogens with zero attached hydrogens (tertiary/aromatic N) is 3. The third-order valence-electron chi connectivity index (χ3n) is 4.79. The first kappa shape index (κ1) is 19.5. The summed E-state index contributed by atoms with van der Waals surface area (Å²) in [5, 5.41) is 3.79. The van der Waals surface area contributed by atoms with Gasteiger partial charge in [0.2, 0.25) is 5.91 Å². The zero-order valence-electron chi connectivity index (χ0n) is 16.2. The molecule has 150 valence electrons. The number of anilines is 2. The topological polar surface area (TPSA) is 59.4 Å². The predicted molar refractivity (Wildman–Crippen MR) is 119 cm³/mol. The Morgan fingerprint density at radius 1 is 1.17 bits per heavy atom. The first-order valence-electron chi connectivity index (χ1n) is 9.66. The normalized spacial score (nSPS) is 14.1. The summed E-state index contributed by atoms with van der Waals surface area (Å²) in [6, 6.07) is 15.9. The van der Waals surface area contributed by atoms with E-state index >= 15 is 0 Å². The minimum atomic E-state index is -0.0497. The number of hydrogen-bond acceptors (Lipinski definition) is 5. The quantitative estimate of drug-likeness (QED) is 0.476. The van der Waals surface area contributed by atoms with Crippen LogP contribution in [0.3, 0.4) is 0 Å². The summed E-state index contributed by atoms with van der Waals surface area (Å²) in [6.07, 6.45) is 1.84. The number of para-hydroxylation sites is 2. The van der Waals surface area contributed by atoms with Crippen LogP contribution in [0, 0.1) is 0 Å². The highest BCUT2D eigenvalue weighted by molar-refractivity contribution is 7.99. The van der Waals surface area contributed by atoms with Crippen LogP contribution in [0.5, 0.6) is 0 Å². The molecular formula is C22H24N4O2S. The zero-order valence-corrected chi connectivity index (χ0v) is 17.0. The number of thioether (sulfide) groups is 1. The van der Waals surface area contributed by atoms with E-state index in [0.29, 0.717) is 12.3 Å². The number of nitrogens with one attached hydrogen (secondary N) is 1. The van der Waals surface area contributed by atoms with Crippen molar-refractivity contribution in [3.63, 3.8) is 0 Å². The third-order valence-corrected chi connectivity index (χ3v) is 5.77. The molecule has 0 spiro atoms. The van der Waals surface area contributed by atoms with E-state index < -0.39 is 0 Å². The second kappa shape index (κ2) is 9.15. The van der Waals surface area contributed by atoms with Gasteiger partial charge in [-0.1, -0.05) is 30.0 Å². The molecule has 0 aliphatic carbocycles. The van der Waals surface area contributed by atoms with Gasteiger partial charge in [0, 0.05) is 31.0 Å². The van der Waals surface area contributed by atoms with E-state index in [4.69, 9.17) is 4.74 Å². The fourth-order valence-electron chi connectivity index (χ4n) is 3.37. The van der Waals surface area contributed by atoms with Crippen molar-refractivity contribution in [2.24, 2.45) is 0 Å². The first-order valence-corrected chi connectivity index (χ1v) is 10.6. The van der Waals surface area contributed by atoms with E-state index in [1.807, 2.05) is 54.6 Å². The number of allylic oxidation sites excluding steroid dienone is 1. The van der Waals surface area contributed by atoms with Gasteiger partial charge >= 0.3 is 0 Å². The van der Waals surface area contributed by atoms with Crippen LogP contribution in [0.25, 0.3) is 11.0 Å². The van der Waals surface area contributed by atoms with Gasteiger partial charge in [-0.25, -0.2) is 4.98 Å². The maximum Gasteiger partial charge on any atom is 0.234 e. The Balaban J connectivity index is 1.37. The minimum Gasteiger partial charge on any atom is -0.378 e. The molecule has 0 atom stereocenters. The van der Waals surface area contributed by atoms with E-state index in [-0.39, 0.29) is 5.91 Å². The summed E-state index contributed by atoms with van der Waals surface area (Å²) in [7, 11) is 0. The summed E-state index contributed by atoms with van der Waals surface area (Å²) in [5.74, 6) is 0.248. The van der Waals surface area contributed by atoms with E-state index in [0.717, 1.165) is 53.9 Å². The fourth-order valence-corrected chi connectivity index (χ4v) is 4.20. The molecule has 0 radical (unpaired) electrons. The average Bonchev–Trinajstić information content (AvgIpc) is 3.11. The molecule has 6 nitrogen and oxygen atoms in total. The van der Waals surface area contributed by atoms with Gasteiger partial charge in [-0.15, -0.1) is 6.58 Å². The van der Waals surface area contributed by atoms with Crippen molar-refractivity contribution in [2.45, 2.75) is 11.7 Å². The molecule has 4 rings (SSSR count). The number of benzene rings is 2. The van der Waals surface area contributed by atoms with Crippen LogP contribution in [0.4, 0.5) is 11.4 Å². The van der Waals surface area contributed by atoms with Crippen molar-refractivity contribution < 1.29 is 9.53 Å². The number of hydrogen-bond donors (Lipinski definition) is 1. The van der Waals surface area contributed by atoms with Crippen molar-refractivity contribution in [2.75, 3.05) is 42.3 Å². The van der Waals surface area contributed by atoms with Crippen LogP contribution in [0.1, 0.15) is 0 Å². The number of amides is 1. The Morgan fingerprint density at radius 2 is 1.93 bits per heavy atom. The molecule has 3 aromatic rings. The molecule has 29 heavy (non-hydrogen) atoms. The lowest BCUT2D eigenvalue weighted by atomic mass is 10.2. The van der Waals surface area contributed by atoms with Crippen LogP contribution >= 0.6 is 11.8 Å². The molecule has 1 saturated heterocycles. The standard InChI is InChI=1S/C22H24N4O2S/c1-2-11-26-20-6-4-3-5-19(20)24-22(26)29-16-21(27)23-17-7-9-18(10-8-17)25-12-14-28-15-13-25/h2-10H,1,11-16H2,(H,23,27). The van der Waals surface area contributed by atoms with E-state index in [2.05, 4.69) is 26.3 Å². The lowest BCUT2D eigenvalue weighted by molar-refractivity contribution is -0.113. The molecule has 0 saturated carbocycles. The van der Waals surface area contributed by atoms with Crippen molar-refractivity contribution in [1.29, 1.82) is 0 Å². The van der Waals surface area contributed by atoms with Gasteiger partial charge in [-0.2, -0.15) is 0 Å².